The summed E-state index contributed by atoms with van der Waals surface area (Å²) in [5.74, 6) is -1.74. The fourth-order valence-electron chi connectivity index (χ4n) is 6.20. The van der Waals surface area contributed by atoms with Gasteiger partial charge in [-0.15, -0.1) is 0 Å². The van der Waals surface area contributed by atoms with Crippen molar-refractivity contribution in [2.75, 3.05) is 41.0 Å². The molecular weight excluding hydrogens is 666 g/mol. The third-order valence-electron chi connectivity index (χ3n) is 9.54. The van der Waals surface area contributed by atoms with Gasteiger partial charge >= 0.3 is 11.9 Å². The first-order chi connectivity index (χ1) is 25.6. The van der Waals surface area contributed by atoms with Gasteiger partial charge < -0.3 is 28.6 Å². The number of esters is 2. The van der Waals surface area contributed by atoms with Crippen LogP contribution in [0.1, 0.15) is 181 Å². The standard InChI is InChI=1S/C45H81NO7/c1-6-8-10-12-14-16-17-18-19-20-21-22-23-24-25-26-28-30-32-34-36-44(48)53-41(39-51-38-37-42(45(49)50)46(3,4)5)40-52-43(47)35-33-31-29-27-15-13-11-9-7-2/h8,10,14,16,18-19,41-42H,6-7,9,11-13,15,17,20-40H2,1-5H3/b10-8+,16-14+,19-18+. The van der Waals surface area contributed by atoms with Crippen LogP contribution in [-0.2, 0) is 28.6 Å². The van der Waals surface area contributed by atoms with Gasteiger partial charge in [0, 0.05) is 19.3 Å². The number of ether oxygens (including phenoxy) is 3. The average Bonchev–Trinajstić information content (AvgIpc) is 3.11. The van der Waals surface area contributed by atoms with E-state index in [1.54, 1.807) is 21.1 Å². The number of likely N-dealkylation sites (N-methyl/N-ethyl adjacent to an activating group) is 1. The van der Waals surface area contributed by atoms with Gasteiger partial charge in [-0.1, -0.05) is 153 Å². The molecule has 0 aromatic heterocycles. The van der Waals surface area contributed by atoms with Crippen LogP contribution in [-0.4, -0.2) is 75.5 Å². The number of nitrogens with zero attached hydrogens (tertiary/aromatic N) is 1. The van der Waals surface area contributed by atoms with Crippen LogP contribution in [0.5, 0.6) is 0 Å². The van der Waals surface area contributed by atoms with Gasteiger partial charge in [0.2, 0.25) is 0 Å². The molecule has 0 bridgehead atoms. The van der Waals surface area contributed by atoms with Crippen LogP contribution in [0, 0.1) is 0 Å². The molecule has 8 heteroatoms. The maximum absolute atomic E-state index is 12.7. The van der Waals surface area contributed by atoms with Gasteiger partial charge in [-0.3, -0.25) is 9.59 Å². The number of carboxylic acid groups (broad SMARTS) is 1. The van der Waals surface area contributed by atoms with Crippen molar-refractivity contribution in [3.63, 3.8) is 0 Å². The number of unbranched alkanes of at least 4 members (excludes halogenated alkanes) is 18. The Labute approximate surface area is 325 Å². The van der Waals surface area contributed by atoms with Crippen LogP contribution in [0.3, 0.4) is 0 Å². The number of carboxylic acids is 1. The van der Waals surface area contributed by atoms with Gasteiger partial charge in [-0.2, -0.15) is 0 Å². The SMILES string of the molecule is CC/C=C/C/C=C/C/C=C/CCCCCCCCCCCCC(=O)OC(COCCC(C(=O)[O-])[N+](C)(C)C)COC(=O)CCCCCCCCCCC. The van der Waals surface area contributed by atoms with Crippen molar-refractivity contribution in [1.29, 1.82) is 0 Å². The predicted octanol–water partition coefficient (Wildman–Crippen LogP) is 10.1. The highest BCUT2D eigenvalue weighted by Gasteiger charge is 2.25. The Kier molecular flexibility index (Phi) is 34.8. The molecule has 308 valence electrons. The topological polar surface area (TPSA) is 102 Å². The molecule has 0 spiro atoms. The second-order valence-electron chi connectivity index (χ2n) is 15.6. The van der Waals surface area contributed by atoms with E-state index in [1.807, 2.05) is 0 Å². The molecule has 53 heavy (non-hydrogen) atoms. The van der Waals surface area contributed by atoms with Gasteiger partial charge in [-0.25, -0.2) is 0 Å². The summed E-state index contributed by atoms with van der Waals surface area (Å²) in [4.78, 5) is 36.7. The molecule has 0 rings (SSSR count). The highest BCUT2D eigenvalue weighted by Crippen LogP contribution is 2.14. The second-order valence-corrected chi connectivity index (χ2v) is 15.6. The molecule has 0 radical (unpaired) electrons. The summed E-state index contributed by atoms with van der Waals surface area (Å²) in [7, 11) is 5.40. The number of allylic oxidation sites excluding steroid dienone is 6. The molecule has 0 heterocycles. The lowest BCUT2D eigenvalue weighted by Gasteiger charge is -2.34. The summed E-state index contributed by atoms with van der Waals surface area (Å²) in [6, 6.07) is -0.723. The molecule has 0 saturated carbocycles. The van der Waals surface area contributed by atoms with E-state index in [2.05, 4.69) is 50.3 Å². The Bertz CT molecular complexity index is 968. The number of aliphatic carboxylic acids is 1. The first kappa shape index (κ1) is 50.5. The van der Waals surface area contributed by atoms with Crippen molar-refractivity contribution in [3.05, 3.63) is 36.5 Å². The Morgan fingerprint density at radius 1 is 0.585 bits per heavy atom. The molecule has 2 atom stereocenters. The zero-order chi connectivity index (χ0) is 39.3. The number of hydrogen-bond acceptors (Lipinski definition) is 7. The summed E-state index contributed by atoms with van der Waals surface area (Å²) in [6.07, 6.45) is 40.3. The molecule has 0 aliphatic heterocycles. The molecular formula is C45H81NO7. The normalized spacial score (nSPS) is 13.3. The van der Waals surface area contributed by atoms with Gasteiger partial charge in [0.25, 0.3) is 0 Å². The van der Waals surface area contributed by atoms with E-state index in [0.717, 1.165) is 57.8 Å². The predicted molar refractivity (Wildman–Crippen MR) is 217 cm³/mol. The fraction of sp³-hybridized carbons (Fsp3) is 0.800. The molecule has 0 aliphatic carbocycles. The summed E-state index contributed by atoms with van der Waals surface area (Å²) < 4.78 is 17.1. The van der Waals surface area contributed by atoms with E-state index in [-0.39, 0.29) is 42.7 Å². The monoisotopic (exact) mass is 748 g/mol. The Morgan fingerprint density at radius 2 is 1.06 bits per heavy atom. The van der Waals surface area contributed by atoms with Crippen LogP contribution >= 0.6 is 0 Å². The number of carbonyl (C=O) groups is 3. The summed E-state index contributed by atoms with van der Waals surface area (Å²) >= 11 is 0. The van der Waals surface area contributed by atoms with E-state index in [0.29, 0.717) is 12.8 Å². The van der Waals surface area contributed by atoms with Crippen molar-refractivity contribution < 1.29 is 38.2 Å². The zero-order valence-corrected chi connectivity index (χ0v) is 34.9. The van der Waals surface area contributed by atoms with Crippen molar-refractivity contribution in [2.45, 2.75) is 193 Å². The smallest absolute Gasteiger partial charge is 0.306 e. The van der Waals surface area contributed by atoms with Gasteiger partial charge in [0.1, 0.15) is 12.6 Å². The first-order valence-electron chi connectivity index (χ1n) is 21.5. The molecule has 0 aromatic carbocycles. The van der Waals surface area contributed by atoms with Crippen LogP contribution in [0.15, 0.2) is 36.5 Å². The fourth-order valence-corrected chi connectivity index (χ4v) is 6.20. The highest BCUT2D eigenvalue weighted by atomic mass is 16.6. The van der Waals surface area contributed by atoms with Crippen LogP contribution < -0.4 is 5.11 Å². The maximum atomic E-state index is 12.7. The minimum absolute atomic E-state index is 0.0414. The van der Waals surface area contributed by atoms with E-state index in [4.69, 9.17) is 14.2 Å². The second kappa shape index (κ2) is 36.5. The van der Waals surface area contributed by atoms with E-state index in [9.17, 15) is 19.5 Å². The molecule has 0 N–H and O–H groups in total. The van der Waals surface area contributed by atoms with E-state index < -0.39 is 18.1 Å². The lowest BCUT2D eigenvalue weighted by Crippen LogP contribution is -2.55. The molecule has 0 aromatic rings. The Balaban J connectivity index is 4.27. The number of carbonyl (C=O) groups excluding carboxylic acids is 3. The van der Waals surface area contributed by atoms with E-state index in [1.165, 1.54) is 89.9 Å². The largest absolute Gasteiger partial charge is 0.544 e. The van der Waals surface area contributed by atoms with Crippen molar-refractivity contribution in [3.8, 4) is 0 Å². The minimum Gasteiger partial charge on any atom is -0.544 e. The van der Waals surface area contributed by atoms with Crippen molar-refractivity contribution in [2.24, 2.45) is 0 Å². The lowest BCUT2D eigenvalue weighted by molar-refractivity contribution is -0.889. The first-order valence-corrected chi connectivity index (χ1v) is 21.5. The maximum Gasteiger partial charge on any atom is 0.306 e. The van der Waals surface area contributed by atoms with Gasteiger partial charge in [0.05, 0.1) is 40.3 Å². The highest BCUT2D eigenvalue weighted by molar-refractivity contribution is 5.70. The Morgan fingerprint density at radius 3 is 1.57 bits per heavy atom. The minimum atomic E-state index is -1.13. The average molecular weight is 748 g/mol. The molecule has 0 fully saturated rings. The lowest BCUT2D eigenvalue weighted by atomic mass is 10.0. The number of quaternary nitrogens is 1. The summed E-state index contributed by atoms with van der Waals surface area (Å²) in [5.41, 5.74) is 0. The quantitative estimate of drug-likeness (QED) is 0.0268. The third kappa shape index (κ3) is 35.0. The number of rotatable bonds is 38. The molecule has 0 aliphatic rings. The van der Waals surface area contributed by atoms with Crippen molar-refractivity contribution in [1.82, 2.24) is 0 Å². The zero-order valence-electron chi connectivity index (χ0n) is 34.9. The van der Waals surface area contributed by atoms with E-state index >= 15 is 0 Å². The van der Waals surface area contributed by atoms with Crippen LogP contribution in [0.4, 0.5) is 0 Å². The Hall–Kier alpha value is -2.45. The summed E-state index contributed by atoms with van der Waals surface area (Å²) in [5, 5.41) is 11.6. The van der Waals surface area contributed by atoms with Crippen LogP contribution in [0.2, 0.25) is 0 Å². The van der Waals surface area contributed by atoms with Crippen molar-refractivity contribution >= 4 is 17.9 Å². The third-order valence-corrected chi connectivity index (χ3v) is 9.54. The molecule has 2 unspecified atom stereocenters. The molecule has 8 nitrogen and oxygen atoms in total. The van der Waals surface area contributed by atoms with Gasteiger partial charge in [0.15, 0.2) is 6.10 Å². The number of hydrogen-bond donors (Lipinski definition) is 0. The molecule has 0 saturated heterocycles. The molecule has 0 amide bonds. The summed E-state index contributed by atoms with van der Waals surface area (Å²) in [6.45, 7) is 4.53. The van der Waals surface area contributed by atoms with Crippen LogP contribution in [0.25, 0.3) is 0 Å². The van der Waals surface area contributed by atoms with Gasteiger partial charge in [-0.05, 0) is 44.9 Å².